The summed E-state index contributed by atoms with van der Waals surface area (Å²) in [6.07, 6.45) is 9.63. The lowest BCUT2D eigenvalue weighted by molar-refractivity contribution is -0.117. The maximum Gasteiger partial charge on any atom is 0.224 e. The molecule has 1 saturated carbocycles. The summed E-state index contributed by atoms with van der Waals surface area (Å²) in [5, 5.41) is 3.02. The molecule has 25 heavy (non-hydrogen) atoms. The second kappa shape index (κ2) is 6.71. The highest BCUT2D eigenvalue weighted by atomic mass is 16.1. The summed E-state index contributed by atoms with van der Waals surface area (Å²) < 4.78 is 2.03. The van der Waals surface area contributed by atoms with E-state index in [1.165, 1.54) is 31.2 Å². The van der Waals surface area contributed by atoms with Gasteiger partial charge in [-0.15, -0.1) is 0 Å². The topological polar surface area (TPSA) is 46.4 Å². The molecule has 0 saturated heterocycles. The van der Waals surface area contributed by atoms with Crippen molar-refractivity contribution >= 4 is 17.2 Å². The zero-order chi connectivity index (χ0) is 17.2. The van der Waals surface area contributed by atoms with Gasteiger partial charge in [-0.1, -0.05) is 25.0 Å². The molecular formula is C21H23N3O. The van der Waals surface area contributed by atoms with Gasteiger partial charge in [0.05, 0.1) is 5.69 Å². The molecule has 3 aromatic rings. The minimum atomic E-state index is 0.128. The Morgan fingerprint density at radius 1 is 1.20 bits per heavy atom. The second-order valence-electron chi connectivity index (χ2n) is 7.08. The average molecular weight is 333 g/mol. The van der Waals surface area contributed by atoms with E-state index in [1.807, 2.05) is 41.1 Å². The molecule has 4 rings (SSSR count). The van der Waals surface area contributed by atoms with Gasteiger partial charge < -0.3 is 9.72 Å². The van der Waals surface area contributed by atoms with Crippen molar-refractivity contribution in [2.45, 2.75) is 39.0 Å². The molecule has 128 valence electrons. The van der Waals surface area contributed by atoms with Gasteiger partial charge in [0.25, 0.3) is 0 Å². The number of imidazole rings is 1. The van der Waals surface area contributed by atoms with Crippen LogP contribution in [0.25, 0.3) is 16.9 Å². The van der Waals surface area contributed by atoms with Crippen molar-refractivity contribution in [3.05, 3.63) is 54.4 Å². The van der Waals surface area contributed by atoms with Gasteiger partial charge in [-0.3, -0.25) is 4.79 Å². The highest BCUT2D eigenvalue weighted by molar-refractivity contribution is 5.91. The van der Waals surface area contributed by atoms with E-state index in [9.17, 15) is 4.79 Å². The largest absolute Gasteiger partial charge is 0.326 e. The standard InChI is InChI=1S/C21H23N3O/c1-15-10-11-24-14-19(23-20(24)12-15)17-6-8-18(9-7-17)22-21(25)13-16-4-2-3-5-16/h6-12,14,16H,2-5,13H2,1H3,(H,22,25). The number of nitrogens with zero attached hydrogens (tertiary/aromatic N) is 2. The van der Waals surface area contributed by atoms with Crippen molar-refractivity contribution in [2.75, 3.05) is 5.32 Å². The lowest BCUT2D eigenvalue weighted by atomic mass is 10.0. The number of carbonyl (C=O) groups is 1. The molecule has 1 N–H and O–H groups in total. The highest BCUT2D eigenvalue weighted by Crippen LogP contribution is 2.28. The molecule has 1 amide bonds. The summed E-state index contributed by atoms with van der Waals surface area (Å²) >= 11 is 0. The van der Waals surface area contributed by atoms with Crippen LogP contribution in [0.1, 0.15) is 37.7 Å². The van der Waals surface area contributed by atoms with E-state index in [1.54, 1.807) is 0 Å². The fourth-order valence-corrected chi connectivity index (χ4v) is 3.64. The van der Waals surface area contributed by atoms with E-state index in [0.29, 0.717) is 12.3 Å². The molecule has 1 fully saturated rings. The van der Waals surface area contributed by atoms with Gasteiger partial charge in [0.2, 0.25) is 5.91 Å². The first-order valence-corrected chi connectivity index (χ1v) is 9.03. The molecule has 1 aromatic carbocycles. The zero-order valence-corrected chi connectivity index (χ0v) is 14.5. The number of pyridine rings is 1. The maximum atomic E-state index is 12.1. The van der Waals surface area contributed by atoms with Gasteiger partial charge in [0, 0.05) is 30.1 Å². The van der Waals surface area contributed by atoms with E-state index < -0.39 is 0 Å². The Balaban J connectivity index is 1.46. The molecule has 4 heteroatoms. The third-order valence-corrected chi connectivity index (χ3v) is 5.03. The SMILES string of the molecule is Cc1ccn2cc(-c3ccc(NC(=O)CC4CCCC4)cc3)nc2c1. The van der Waals surface area contributed by atoms with Gasteiger partial charge in [0.1, 0.15) is 5.65 Å². The highest BCUT2D eigenvalue weighted by Gasteiger charge is 2.18. The Morgan fingerprint density at radius 2 is 1.96 bits per heavy atom. The summed E-state index contributed by atoms with van der Waals surface area (Å²) in [6.45, 7) is 2.07. The van der Waals surface area contributed by atoms with Gasteiger partial charge in [0.15, 0.2) is 0 Å². The van der Waals surface area contributed by atoms with Crippen molar-refractivity contribution in [2.24, 2.45) is 5.92 Å². The monoisotopic (exact) mass is 333 g/mol. The number of amides is 1. The number of carbonyl (C=O) groups excluding carboxylic acids is 1. The molecule has 2 aromatic heterocycles. The lowest BCUT2D eigenvalue weighted by Gasteiger charge is -2.09. The predicted octanol–water partition coefficient (Wildman–Crippen LogP) is 4.83. The van der Waals surface area contributed by atoms with Crippen LogP contribution in [0.15, 0.2) is 48.8 Å². The second-order valence-corrected chi connectivity index (χ2v) is 7.08. The Kier molecular flexibility index (Phi) is 4.26. The molecule has 2 heterocycles. The van der Waals surface area contributed by atoms with Crippen molar-refractivity contribution < 1.29 is 4.79 Å². The predicted molar refractivity (Wildman–Crippen MR) is 101 cm³/mol. The van der Waals surface area contributed by atoms with Crippen LogP contribution in [0.2, 0.25) is 0 Å². The van der Waals surface area contributed by atoms with Crippen molar-refractivity contribution in [1.29, 1.82) is 0 Å². The van der Waals surface area contributed by atoms with Crippen molar-refractivity contribution in [1.82, 2.24) is 9.38 Å². The van der Waals surface area contributed by atoms with E-state index in [2.05, 4.69) is 29.4 Å². The van der Waals surface area contributed by atoms with E-state index in [-0.39, 0.29) is 5.91 Å². The molecule has 0 radical (unpaired) electrons. The van der Waals surface area contributed by atoms with Crippen molar-refractivity contribution in [3.8, 4) is 11.3 Å². The summed E-state index contributed by atoms with van der Waals surface area (Å²) in [5.74, 6) is 0.698. The number of rotatable bonds is 4. The molecular weight excluding hydrogens is 310 g/mol. The fourth-order valence-electron chi connectivity index (χ4n) is 3.64. The Bertz CT molecular complexity index is 889. The third kappa shape index (κ3) is 3.58. The number of aryl methyl sites for hydroxylation is 1. The molecule has 0 unspecified atom stereocenters. The van der Waals surface area contributed by atoms with Crippen LogP contribution in [0.3, 0.4) is 0 Å². The minimum Gasteiger partial charge on any atom is -0.326 e. The Morgan fingerprint density at radius 3 is 2.72 bits per heavy atom. The first-order valence-electron chi connectivity index (χ1n) is 9.03. The summed E-state index contributed by atoms with van der Waals surface area (Å²) in [4.78, 5) is 16.8. The van der Waals surface area contributed by atoms with Crippen LogP contribution in [-0.2, 0) is 4.79 Å². The molecule has 0 atom stereocenters. The van der Waals surface area contributed by atoms with Crippen LogP contribution in [0, 0.1) is 12.8 Å². The summed E-state index contributed by atoms with van der Waals surface area (Å²) in [6, 6.07) is 12.1. The average Bonchev–Trinajstić information content (AvgIpc) is 3.24. The number of hydrogen-bond donors (Lipinski definition) is 1. The van der Waals surface area contributed by atoms with Gasteiger partial charge in [-0.25, -0.2) is 4.98 Å². The van der Waals surface area contributed by atoms with Crippen LogP contribution in [-0.4, -0.2) is 15.3 Å². The molecule has 0 aliphatic heterocycles. The van der Waals surface area contributed by atoms with Gasteiger partial charge in [-0.2, -0.15) is 0 Å². The smallest absolute Gasteiger partial charge is 0.224 e. The fraction of sp³-hybridized carbons (Fsp3) is 0.333. The Labute approximate surface area is 147 Å². The van der Waals surface area contributed by atoms with Crippen LogP contribution < -0.4 is 5.32 Å². The van der Waals surface area contributed by atoms with E-state index in [4.69, 9.17) is 0 Å². The number of fused-ring (bicyclic) bond motifs is 1. The number of hydrogen-bond acceptors (Lipinski definition) is 2. The maximum absolute atomic E-state index is 12.1. The first kappa shape index (κ1) is 15.9. The summed E-state index contributed by atoms with van der Waals surface area (Å²) in [5.41, 5.74) is 4.99. The molecule has 4 nitrogen and oxygen atoms in total. The lowest BCUT2D eigenvalue weighted by Crippen LogP contribution is -2.14. The molecule has 0 spiro atoms. The van der Waals surface area contributed by atoms with E-state index >= 15 is 0 Å². The first-order chi connectivity index (χ1) is 12.2. The van der Waals surface area contributed by atoms with Crippen molar-refractivity contribution in [3.63, 3.8) is 0 Å². The minimum absolute atomic E-state index is 0.128. The number of benzene rings is 1. The number of nitrogens with one attached hydrogen (secondary N) is 1. The van der Waals surface area contributed by atoms with Crippen LogP contribution >= 0.6 is 0 Å². The van der Waals surface area contributed by atoms with Crippen LogP contribution in [0.5, 0.6) is 0 Å². The molecule has 0 bridgehead atoms. The van der Waals surface area contributed by atoms with E-state index in [0.717, 1.165) is 22.6 Å². The Hall–Kier alpha value is -2.62. The number of anilines is 1. The quantitative estimate of drug-likeness (QED) is 0.743. The van der Waals surface area contributed by atoms with Gasteiger partial charge >= 0.3 is 0 Å². The third-order valence-electron chi connectivity index (χ3n) is 5.03. The number of aromatic nitrogens is 2. The van der Waals surface area contributed by atoms with Gasteiger partial charge in [-0.05, 0) is 55.5 Å². The van der Waals surface area contributed by atoms with Crippen LogP contribution in [0.4, 0.5) is 5.69 Å². The molecule has 1 aliphatic rings. The zero-order valence-electron chi connectivity index (χ0n) is 14.5. The summed E-state index contributed by atoms with van der Waals surface area (Å²) in [7, 11) is 0. The normalized spacial score (nSPS) is 14.9. The molecule has 1 aliphatic carbocycles.